The molecule has 3 rings (SSSR count). The SMILES string of the molecule is C[C@@H]1OC(COC(=O)c2ccccc2)[C@H](O)C(O)C1OC(=O)c1ccccc1. The minimum atomic E-state index is -1.38. The maximum absolute atomic E-state index is 12.2. The van der Waals surface area contributed by atoms with Gasteiger partial charge in [0.05, 0.1) is 17.2 Å². The number of benzene rings is 2. The summed E-state index contributed by atoms with van der Waals surface area (Å²) in [6.07, 6.45) is -5.45. The standard InChI is InChI=1S/C21H22O7/c1-13-19(28-21(25)15-10-6-3-7-11-15)18(23)17(22)16(27-13)12-26-20(24)14-8-4-2-5-9-14/h2-11,13,16-19,22-23H,12H2,1H3/t13-,16?,17-,18?,19?/m0/s1. The van der Waals surface area contributed by atoms with E-state index >= 15 is 0 Å². The van der Waals surface area contributed by atoms with Gasteiger partial charge in [0.15, 0.2) is 6.10 Å². The lowest BCUT2D eigenvalue weighted by Gasteiger charge is -2.40. The third-order valence-electron chi connectivity index (χ3n) is 4.56. The number of hydrogen-bond acceptors (Lipinski definition) is 7. The van der Waals surface area contributed by atoms with E-state index in [-0.39, 0.29) is 6.61 Å². The lowest BCUT2D eigenvalue weighted by Crippen LogP contribution is -2.59. The molecule has 2 aromatic rings. The Kier molecular flexibility index (Phi) is 6.41. The van der Waals surface area contributed by atoms with Gasteiger partial charge in [0, 0.05) is 0 Å². The Bertz CT molecular complexity index is 791. The summed E-state index contributed by atoms with van der Waals surface area (Å²) in [4.78, 5) is 24.3. The Morgan fingerprint density at radius 3 is 2.00 bits per heavy atom. The average molecular weight is 386 g/mol. The zero-order chi connectivity index (χ0) is 20.1. The summed E-state index contributed by atoms with van der Waals surface area (Å²) < 4.78 is 16.2. The van der Waals surface area contributed by atoms with Crippen LogP contribution in [0.2, 0.25) is 0 Å². The fraction of sp³-hybridized carbons (Fsp3) is 0.333. The molecule has 7 heteroatoms. The summed E-state index contributed by atoms with van der Waals surface area (Å²) in [5.74, 6) is -1.18. The molecule has 1 aliphatic heterocycles. The monoisotopic (exact) mass is 386 g/mol. The zero-order valence-corrected chi connectivity index (χ0v) is 15.3. The van der Waals surface area contributed by atoms with E-state index in [0.717, 1.165) is 0 Å². The largest absolute Gasteiger partial charge is 0.459 e. The third-order valence-corrected chi connectivity index (χ3v) is 4.56. The van der Waals surface area contributed by atoms with Crippen LogP contribution in [0, 0.1) is 0 Å². The molecule has 0 aromatic heterocycles. The first-order chi connectivity index (χ1) is 13.5. The van der Waals surface area contributed by atoms with Crippen LogP contribution in [-0.2, 0) is 14.2 Å². The number of esters is 2. The van der Waals surface area contributed by atoms with Crippen LogP contribution in [0.4, 0.5) is 0 Å². The summed E-state index contributed by atoms with van der Waals surface area (Å²) in [7, 11) is 0. The van der Waals surface area contributed by atoms with Gasteiger partial charge in [-0.05, 0) is 31.2 Å². The van der Waals surface area contributed by atoms with Gasteiger partial charge in [-0.25, -0.2) is 9.59 Å². The van der Waals surface area contributed by atoms with E-state index < -0.39 is 42.5 Å². The van der Waals surface area contributed by atoms with Crippen LogP contribution in [0.25, 0.3) is 0 Å². The highest BCUT2D eigenvalue weighted by atomic mass is 16.6. The smallest absolute Gasteiger partial charge is 0.338 e. The van der Waals surface area contributed by atoms with E-state index in [0.29, 0.717) is 11.1 Å². The first-order valence-electron chi connectivity index (χ1n) is 8.97. The van der Waals surface area contributed by atoms with Crippen LogP contribution in [0.5, 0.6) is 0 Å². The predicted molar refractivity (Wildman–Crippen MR) is 98.7 cm³/mol. The lowest BCUT2D eigenvalue weighted by atomic mass is 9.95. The van der Waals surface area contributed by atoms with E-state index in [1.54, 1.807) is 67.6 Å². The molecule has 148 valence electrons. The van der Waals surface area contributed by atoms with Crippen molar-refractivity contribution in [1.29, 1.82) is 0 Å². The molecule has 0 aliphatic carbocycles. The summed E-state index contributed by atoms with van der Waals surface area (Å²) in [6.45, 7) is 1.37. The molecule has 0 radical (unpaired) electrons. The van der Waals surface area contributed by atoms with Crippen molar-refractivity contribution in [3.05, 3.63) is 71.8 Å². The van der Waals surface area contributed by atoms with Gasteiger partial charge in [-0.15, -0.1) is 0 Å². The summed E-state index contributed by atoms with van der Waals surface area (Å²) in [5, 5.41) is 20.7. The maximum Gasteiger partial charge on any atom is 0.338 e. The fourth-order valence-corrected chi connectivity index (χ4v) is 3.01. The third kappa shape index (κ3) is 4.56. The normalized spacial score (nSPS) is 27.0. The molecular formula is C21H22O7. The molecule has 5 atom stereocenters. The van der Waals surface area contributed by atoms with Gasteiger partial charge in [-0.3, -0.25) is 0 Å². The highest BCUT2D eigenvalue weighted by Gasteiger charge is 2.45. The van der Waals surface area contributed by atoms with E-state index in [1.165, 1.54) is 0 Å². The van der Waals surface area contributed by atoms with Gasteiger partial charge in [0.2, 0.25) is 0 Å². The molecule has 28 heavy (non-hydrogen) atoms. The molecule has 0 saturated carbocycles. The van der Waals surface area contributed by atoms with Gasteiger partial charge in [-0.1, -0.05) is 36.4 Å². The molecule has 1 aliphatic rings. The quantitative estimate of drug-likeness (QED) is 0.752. The van der Waals surface area contributed by atoms with Crippen molar-refractivity contribution in [2.24, 2.45) is 0 Å². The van der Waals surface area contributed by atoms with E-state index in [1.807, 2.05) is 0 Å². The number of aliphatic hydroxyl groups excluding tert-OH is 2. The Hall–Kier alpha value is -2.74. The van der Waals surface area contributed by atoms with E-state index in [4.69, 9.17) is 14.2 Å². The van der Waals surface area contributed by atoms with Crippen LogP contribution in [0.1, 0.15) is 27.6 Å². The van der Waals surface area contributed by atoms with Crippen LogP contribution in [0.15, 0.2) is 60.7 Å². The Balaban J connectivity index is 1.58. The van der Waals surface area contributed by atoms with Crippen molar-refractivity contribution < 1.29 is 34.0 Å². The molecule has 0 amide bonds. The minimum absolute atomic E-state index is 0.240. The van der Waals surface area contributed by atoms with Gasteiger partial charge in [-0.2, -0.15) is 0 Å². The van der Waals surface area contributed by atoms with Gasteiger partial charge < -0.3 is 24.4 Å². The molecule has 3 unspecified atom stereocenters. The van der Waals surface area contributed by atoms with E-state index in [9.17, 15) is 19.8 Å². The zero-order valence-electron chi connectivity index (χ0n) is 15.3. The molecule has 1 saturated heterocycles. The highest BCUT2D eigenvalue weighted by Crippen LogP contribution is 2.25. The lowest BCUT2D eigenvalue weighted by molar-refractivity contribution is -0.224. The Morgan fingerprint density at radius 1 is 0.893 bits per heavy atom. The topological polar surface area (TPSA) is 102 Å². The van der Waals surface area contributed by atoms with Crippen LogP contribution >= 0.6 is 0 Å². The minimum Gasteiger partial charge on any atom is -0.459 e. The molecule has 2 aromatic carbocycles. The number of rotatable bonds is 5. The van der Waals surface area contributed by atoms with Gasteiger partial charge in [0.25, 0.3) is 0 Å². The molecule has 1 fully saturated rings. The Morgan fingerprint density at radius 2 is 1.43 bits per heavy atom. The highest BCUT2D eigenvalue weighted by molar-refractivity contribution is 5.89. The molecule has 2 N–H and O–H groups in total. The molecule has 1 heterocycles. The van der Waals surface area contributed by atoms with Crippen LogP contribution < -0.4 is 0 Å². The van der Waals surface area contributed by atoms with Crippen LogP contribution in [-0.4, -0.2) is 59.3 Å². The average Bonchev–Trinajstić information content (AvgIpc) is 2.73. The van der Waals surface area contributed by atoms with Crippen molar-refractivity contribution in [3.8, 4) is 0 Å². The first kappa shape index (κ1) is 20.0. The fourth-order valence-electron chi connectivity index (χ4n) is 3.01. The Labute approximate surface area is 162 Å². The second-order valence-electron chi connectivity index (χ2n) is 6.56. The van der Waals surface area contributed by atoms with Gasteiger partial charge >= 0.3 is 11.9 Å². The molecule has 7 nitrogen and oxygen atoms in total. The van der Waals surface area contributed by atoms with Crippen molar-refractivity contribution in [2.75, 3.05) is 6.61 Å². The van der Waals surface area contributed by atoms with E-state index in [2.05, 4.69) is 0 Å². The predicted octanol–water partition coefficient (Wildman–Crippen LogP) is 1.58. The second kappa shape index (κ2) is 8.97. The van der Waals surface area contributed by atoms with Crippen molar-refractivity contribution >= 4 is 11.9 Å². The van der Waals surface area contributed by atoms with Gasteiger partial charge in [0.1, 0.15) is 24.9 Å². The summed E-state index contributed by atoms with van der Waals surface area (Å²) in [5.41, 5.74) is 0.700. The first-order valence-corrected chi connectivity index (χ1v) is 8.97. The number of carbonyl (C=O) groups is 2. The van der Waals surface area contributed by atoms with Crippen molar-refractivity contribution in [3.63, 3.8) is 0 Å². The van der Waals surface area contributed by atoms with Crippen molar-refractivity contribution in [2.45, 2.75) is 37.4 Å². The van der Waals surface area contributed by atoms with Crippen LogP contribution in [0.3, 0.4) is 0 Å². The van der Waals surface area contributed by atoms with Crippen molar-refractivity contribution in [1.82, 2.24) is 0 Å². The number of ether oxygens (including phenoxy) is 3. The molecule has 0 bridgehead atoms. The molecular weight excluding hydrogens is 364 g/mol. The number of aliphatic hydroxyl groups is 2. The number of hydrogen-bond donors (Lipinski definition) is 2. The summed E-state index contributed by atoms with van der Waals surface area (Å²) in [6, 6.07) is 16.7. The number of carbonyl (C=O) groups excluding carboxylic acids is 2. The maximum atomic E-state index is 12.2. The summed E-state index contributed by atoms with van der Waals surface area (Å²) >= 11 is 0. The second-order valence-corrected chi connectivity index (χ2v) is 6.56. The molecule has 0 spiro atoms.